The van der Waals surface area contributed by atoms with Crippen LogP contribution in [0.25, 0.3) is 0 Å². The van der Waals surface area contributed by atoms with Crippen molar-refractivity contribution in [3.8, 4) is 11.5 Å². The van der Waals surface area contributed by atoms with Crippen molar-refractivity contribution in [1.82, 2.24) is 14.8 Å². The van der Waals surface area contributed by atoms with Crippen LogP contribution in [0.2, 0.25) is 0 Å². The zero-order chi connectivity index (χ0) is 22.1. The Morgan fingerprint density at radius 3 is 2.30 bits per heavy atom. The summed E-state index contributed by atoms with van der Waals surface area (Å²) >= 11 is 0. The van der Waals surface area contributed by atoms with Crippen LogP contribution in [0.15, 0.2) is 53.7 Å². The van der Waals surface area contributed by atoms with Crippen LogP contribution in [0.3, 0.4) is 0 Å². The van der Waals surface area contributed by atoms with Crippen LogP contribution in [0.5, 0.6) is 11.5 Å². The summed E-state index contributed by atoms with van der Waals surface area (Å²) in [5.41, 5.74) is 1.50. The van der Waals surface area contributed by atoms with Crippen molar-refractivity contribution in [3.05, 3.63) is 48.8 Å². The van der Waals surface area contributed by atoms with E-state index in [0.29, 0.717) is 11.5 Å². The molecule has 0 aliphatic heterocycles. The van der Waals surface area contributed by atoms with E-state index in [1.807, 2.05) is 0 Å². The molecule has 164 valence electrons. The molecule has 0 bridgehead atoms. The van der Waals surface area contributed by atoms with Gasteiger partial charge >= 0.3 is 0 Å². The SMILES string of the molecule is COCCOC(C)C(C(=O)NO)N(C)S(=O)(=O)c1ccc(Oc2ccncc2)cc1. The fourth-order valence-electron chi connectivity index (χ4n) is 2.69. The lowest BCUT2D eigenvalue weighted by molar-refractivity contribution is -0.138. The number of methoxy groups -OCH3 is 1. The summed E-state index contributed by atoms with van der Waals surface area (Å²) in [6.07, 6.45) is 2.30. The summed E-state index contributed by atoms with van der Waals surface area (Å²) in [6.45, 7) is 1.96. The predicted molar refractivity (Wildman–Crippen MR) is 107 cm³/mol. The molecule has 1 amide bonds. The molecule has 0 radical (unpaired) electrons. The van der Waals surface area contributed by atoms with E-state index < -0.39 is 28.1 Å². The molecule has 30 heavy (non-hydrogen) atoms. The van der Waals surface area contributed by atoms with Crippen molar-refractivity contribution in [2.75, 3.05) is 27.4 Å². The van der Waals surface area contributed by atoms with E-state index in [-0.39, 0.29) is 18.1 Å². The average molecular weight is 439 g/mol. The Kier molecular flexibility index (Phi) is 8.69. The van der Waals surface area contributed by atoms with Crippen molar-refractivity contribution in [1.29, 1.82) is 0 Å². The topological polar surface area (TPSA) is 127 Å². The number of hydrogen-bond donors (Lipinski definition) is 2. The molecule has 2 unspecified atom stereocenters. The minimum Gasteiger partial charge on any atom is -0.457 e. The van der Waals surface area contributed by atoms with E-state index in [9.17, 15) is 13.2 Å². The number of rotatable bonds is 11. The molecule has 1 heterocycles. The lowest BCUT2D eigenvalue weighted by Crippen LogP contribution is -2.53. The first-order valence-corrected chi connectivity index (χ1v) is 10.5. The molecule has 2 rings (SSSR count). The summed E-state index contributed by atoms with van der Waals surface area (Å²) in [5, 5.41) is 9.07. The number of nitrogens with zero attached hydrogens (tertiary/aromatic N) is 2. The molecule has 1 aromatic carbocycles. The fraction of sp³-hybridized carbons (Fsp3) is 0.368. The second-order valence-corrected chi connectivity index (χ2v) is 8.26. The normalized spacial score (nSPS) is 13.6. The van der Waals surface area contributed by atoms with Crippen molar-refractivity contribution in [2.24, 2.45) is 0 Å². The monoisotopic (exact) mass is 439 g/mol. The molecule has 2 atom stereocenters. The van der Waals surface area contributed by atoms with Crippen molar-refractivity contribution >= 4 is 15.9 Å². The zero-order valence-corrected chi connectivity index (χ0v) is 17.7. The first kappa shape index (κ1) is 23.7. The van der Waals surface area contributed by atoms with Gasteiger partial charge in [0.25, 0.3) is 5.91 Å². The van der Waals surface area contributed by atoms with Gasteiger partial charge in [-0.15, -0.1) is 0 Å². The first-order chi connectivity index (χ1) is 14.3. The number of aromatic nitrogens is 1. The van der Waals surface area contributed by atoms with Crippen molar-refractivity contribution in [2.45, 2.75) is 24.0 Å². The quantitative estimate of drug-likeness (QED) is 0.306. The second-order valence-electron chi connectivity index (χ2n) is 6.27. The molecule has 0 aliphatic carbocycles. The molecular weight excluding hydrogens is 414 g/mol. The molecule has 10 nitrogen and oxygen atoms in total. The van der Waals surface area contributed by atoms with Gasteiger partial charge in [-0.25, -0.2) is 13.9 Å². The van der Waals surface area contributed by atoms with Gasteiger partial charge < -0.3 is 14.2 Å². The minimum absolute atomic E-state index is 0.0492. The highest BCUT2D eigenvalue weighted by molar-refractivity contribution is 7.89. The lowest BCUT2D eigenvalue weighted by atomic mass is 10.2. The Bertz CT molecular complexity index is 907. The molecule has 2 aromatic rings. The van der Waals surface area contributed by atoms with E-state index in [1.165, 1.54) is 50.8 Å². The maximum atomic E-state index is 13.0. The van der Waals surface area contributed by atoms with Gasteiger partial charge in [0.15, 0.2) is 0 Å². The number of carbonyl (C=O) groups is 1. The third-order valence-corrected chi connectivity index (χ3v) is 6.12. The van der Waals surface area contributed by atoms with E-state index in [2.05, 4.69) is 4.98 Å². The van der Waals surface area contributed by atoms with Gasteiger partial charge in [-0.05, 0) is 43.3 Å². The predicted octanol–water partition coefficient (Wildman–Crippen LogP) is 1.42. The molecule has 0 spiro atoms. The van der Waals surface area contributed by atoms with Crippen molar-refractivity contribution in [3.63, 3.8) is 0 Å². The second kappa shape index (κ2) is 11.0. The van der Waals surface area contributed by atoms with Crippen LogP contribution < -0.4 is 10.2 Å². The Morgan fingerprint density at radius 2 is 1.73 bits per heavy atom. The average Bonchev–Trinajstić information content (AvgIpc) is 2.75. The number of carbonyl (C=O) groups excluding carboxylic acids is 1. The van der Waals surface area contributed by atoms with Gasteiger partial charge in [-0.2, -0.15) is 4.31 Å². The van der Waals surface area contributed by atoms with Crippen LogP contribution in [0, 0.1) is 0 Å². The number of amides is 1. The Morgan fingerprint density at radius 1 is 1.13 bits per heavy atom. The highest BCUT2D eigenvalue weighted by atomic mass is 32.2. The molecular formula is C19H25N3O7S. The number of benzene rings is 1. The highest BCUT2D eigenvalue weighted by Gasteiger charge is 2.37. The highest BCUT2D eigenvalue weighted by Crippen LogP contribution is 2.25. The fourth-order valence-corrected chi connectivity index (χ4v) is 4.07. The van der Waals surface area contributed by atoms with Crippen LogP contribution in [-0.4, -0.2) is 68.3 Å². The van der Waals surface area contributed by atoms with Crippen LogP contribution >= 0.6 is 0 Å². The van der Waals surface area contributed by atoms with E-state index >= 15 is 0 Å². The number of hydrogen-bond acceptors (Lipinski definition) is 8. The van der Waals surface area contributed by atoms with E-state index in [4.69, 9.17) is 19.4 Å². The van der Waals surface area contributed by atoms with Gasteiger partial charge in [-0.1, -0.05) is 0 Å². The van der Waals surface area contributed by atoms with E-state index in [0.717, 1.165) is 4.31 Å². The minimum atomic E-state index is -4.07. The lowest BCUT2D eigenvalue weighted by Gasteiger charge is -2.30. The first-order valence-electron chi connectivity index (χ1n) is 9.01. The summed E-state index contributed by atoms with van der Waals surface area (Å²) < 4.78 is 42.9. The Hall–Kier alpha value is -2.57. The van der Waals surface area contributed by atoms with Gasteiger partial charge in [0.05, 0.1) is 24.2 Å². The molecule has 0 saturated carbocycles. The maximum Gasteiger partial charge on any atom is 0.264 e. The largest absolute Gasteiger partial charge is 0.457 e. The molecule has 0 saturated heterocycles. The third kappa shape index (κ3) is 5.97. The smallest absolute Gasteiger partial charge is 0.264 e. The summed E-state index contributed by atoms with van der Waals surface area (Å²) in [6, 6.07) is 7.77. The molecule has 11 heteroatoms. The Labute approximate surface area is 175 Å². The molecule has 0 fully saturated rings. The molecule has 2 N–H and O–H groups in total. The summed E-state index contributed by atoms with van der Waals surface area (Å²) in [7, 11) is -1.34. The molecule has 1 aromatic heterocycles. The number of sulfonamides is 1. The van der Waals surface area contributed by atoms with Crippen LogP contribution in [0.4, 0.5) is 0 Å². The molecule has 0 aliphatic rings. The number of ether oxygens (including phenoxy) is 3. The number of hydroxylamine groups is 1. The summed E-state index contributed by atoms with van der Waals surface area (Å²) in [5.74, 6) is 0.0757. The summed E-state index contributed by atoms with van der Waals surface area (Å²) in [4.78, 5) is 16.0. The maximum absolute atomic E-state index is 13.0. The Balaban J connectivity index is 2.20. The number of pyridine rings is 1. The number of nitrogens with one attached hydrogen (secondary N) is 1. The zero-order valence-electron chi connectivity index (χ0n) is 16.9. The van der Waals surface area contributed by atoms with E-state index in [1.54, 1.807) is 24.5 Å². The van der Waals surface area contributed by atoms with Crippen LogP contribution in [-0.2, 0) is 24.3 Å². The van der Waals surface area contributed by atoms with Gasteiger partial charge in [0.1, 0.15) is 17.5 Å². The third-order valence-electron chi connectivity index (χ3n) is 4.27. The number of likely N-dealkylation sites (N-methyl/N-ethyl adjacent to an activating group) is 1. The van der Waals surface area contributed by atoms with Crippen LogP contribution in [0.1, 0.15) is 6.92 Å². The van der Waals surface area contributed by atoms with Gasteiger partial charge in [-0.3, -0.25) is 15.0 Å². The van der Waals surface area contributed by atoms with Crippen molar-refractivity contribution < 1.29 is 32.6 Å². The van der Waals surface area contributed by atoms with Gasteiger partial charge in [0, 0.05) is 26.6 Å². The standard InChI is InChI=1S/C19H25N3O7S/c1-14(28-13-12-27-3)18(19(23)21-24)22(2)30(25,26)17-6-4-15(5-7-17)29-16-8-10-20-11-9-16/h4-11,14,18,24H,12-13H2,1-3H3,(H,21,23). The van der Waals surface area contributed by atoms with Gasteiger partial charge in [0.2, 0.25) is 10.0 Å².